The summed E-state index contributed by atoms with van der Waals surface area (Å²) in [6, 6.07) is 5.18. The van der Waals surface area contributed by atoms with Crippen LogP contribution in [0, 0.1) is 5.82 Å². The first-order valence-corrected chi connectivity index (χ1v) is 12.2. The number of nitrogens with one attached hydrogen (secondary N) is 1. The Bertz CT molecular complexity index is 1270. The summed E-state index contributed by atoms with van der Waals surface area (Å²) in [4.78, 5) is 20.4. The molecule has 1 aromatic heterocycles. The van der Waals surface area contributed by atoms with Crippen LogP contribution in [0.25, 0.3) is 0 Å². The summed E-state index contributed by atoms with van der Waals surface area (Å²) in [6.45, 7) is 1.46. The van der Waals surface area contributed by atoms with Crippen molar-refractivity contribution in [3.8, 4) is 0 Å². The molecule has 2 heterocycles. The van der Waals surface area contributed by atoms with Crippen molar-refractivity contribution in [2.45, 2.75) is 49.1 Å². The quantitative estimate of drug-likeness (QED) is 0.625. The normalized spacial score (nSPS) is 23.5. The molecule has 2 aromatic rings. The number of hydrogen-bond donors (Lipinski definition) is 2. The lowest BCUT2D eigenvalue weighted by Gasteiger charge is -2.39. The number of aromatic nitrogens is 1. The van der Waals surface area contributed by atoms with E-state index in [2.05, 4.69) is 15.3 Å². The van der Waals surface area contributed by atoms with Gasteiger partial charge in [0, 0.05) is 17.4 Å². The van der Waals surface area contributed by atoms with Crippen molar-refractivity contribution in [1.29, 1.82) is 0 Å². The molecular weight excluding hydrogens is 476 g/mol. The lowest BCUT2D eigenvalue weighted by atomic mass is 9.92. The molecule has 1 aliphatic heterocycles. The average Bonchev–Trinajstić information content (AvgIpc) is 3.25. The molecular formula is C22H22F4N4O3S. The third-order valence-corrected chi connectivity index (χ3v) is 9.19. The van der Waals surface area contributed by atoms with E-state index in [0.29, 0.717) is 31.9 Å². The number of carbonyl (C=O) groups is 1. The van der Waals surface area contributed by atoms with E-state index in [-0.39, 0.29) is 22.8 Å². The number of pyridine rings is 1. The summed E-state index contributed by atoms with van der Waals surface area (Å²) < 4.78 is 78.2. The third kappa shape index (κ3) is 4.04. The van der Waals surface area contributed by atoms with Crippen molar-refractivity contribution < 1.29 is 30.8 Å². The molecule has 34 heavy (non-hydrogen) atoms. The minimum atomic E-state index is -4.59. The summed E-state index contributed by atoms with van der Waals surface area (Å²) in [5.41, 5.74) is 3.35. The van der Waals surface area contributed by atoms with Crippen molar-refractivity contribution in [2.24, 2.45) is 10.7 Å². The minimum absolute atomic E-state index is 0.0402. The summed E-state index contributed by atoms with van der Waals surface area (Å²) in [5.74, 6) is -2.04. The van der Waals surface area contributed by atoms with Crippen LogP contribution in [0.3, 0.4) is 0 Å². The van der Waals surface area contributed by atoms with E-state index >= 15 is 0 Å². The van der Waals surface area contributed by atoms with Crippen LogP contribution < -0.4 is 11.1 Å². The maximum Gasteiger partial charge on any atom is 0.417 e. The van der Waals surface area contributed by atoms with Gasteiger partial charge in [0.2, 0.25) is 0 Å². The molecule has 1 aromatic carbocycles. The minimum Gasteiger partial charge on any atom is -0.386 e. The molecule has 3 N–H and O–H groups in total. The highest BCUT2D eigenvalue weighted by Crippen LogP contribution is 2.45. The predicted octanol–water partition coefficient (Wildman–Crippen LogP) is 3.81. The monoisotopic (exact) mass is 498 g/mol. The number of halogens is 4. The van der Waals surface area contributed by atoms with Crippen LogP contribution in [0.5, 0.6) is 0 Å². The lowest BCUT2D eigenvalue weighted by Crippen LogP contribution is -2.56. The Morgan fingerprint density at radius 2 is 1.82 bits per heavy atom. The zero-order valence-electron chi connectivity index (χ0n) is 18.1. The van der Waals surface area contributed by atoms with Gasteiger partial charge >= 0.3 is 6.18 Å². The molecule has 12 heteroatoms. The first-order chi connectivity index (χ1) is 15.8. The van der Waals surface area contributed by atoms with Gasteiger partial charge in [-0.25, -0.2) is 12.8 Å². The molecule has 1 saturated carbocycles. The number of carbonyl (C=O) groups excluding carboxylic acids is 1. The van der Waals surface area contributed by atoms with E-state index in [9.17, 15) is 30.8 Å². The Morgan fingerprint density at radius 1 is 1.15 bits per heavy atom. The van der Waals surface area contributed by atoms with Gasteiger partial charge in [0.25, 0.3) is 5.91 Å². The highest BCUT2D eigenvalue weighted by atomic mass is 32.2. The van der Waals surface area contributed by atoms with Crippen LogP contribution in [0.1, 0.15) is 54.2 Å². The second-order valence-corrected chi connectivity index (χ2v) is 11.1. The molecule has 7 nitrogen and oxygen atoms in total. The molecule has 1 atom stereocenters. The molecule has 2 aliphatic rings. The van der Waals surface area contributed by atoms with Gasteiger partial charge in [-0.2, -0.15) is 13.2 Å². The van der Waals surface area contributed by atoms with Gasteiger partial charge in [0.05, 0.1) is 11.3 Å². The van der Waals surface area contributed by atoms with Crippen molar-refractivity contribution in [2.75, 3.05) is 11.1 Å². The van der Waals surface area contributed by atoms with Crippen LogP contribution in [0.4, 0.5) is 23.2 Å². The molecule has 1 unspecified atom stereocenters. The number of nitrogens with zero attached hydrogens (tertiary/aromatic N) is 2. The molecule has 182 valence electrons. The smallest absolute Gasteiger partial charge is 0.386 e. The van der Waals surface area contributed by atoms with Gasteiger partial charge in [-0.1, -0.05) is 12.8 Å². The van der Waals surface area contributed by atoms with Gasteiger partial charge < -0.3 is 11.1 Å². The number of amidine groups is 1. The maximum atomic E-state index is 14.8. The number of benzene rings is 1. The zero-order chi connectivity index (χ0) is 24.9. The van der Waals surface area contributed by atoms with E-state index in [1.165, 1.54) is 19.1 Å². The molecule has 1 amide bonds. The van der Waals surface area contributed by atoms with Crippen LogP contribution in [-0.4, -0.2) is 35.6 Å². The van der Waals surface area contributed by atoms with Gasteiger partial charge in [0.15, 0.2) is 9.84 Å². The second-order valence-electron chi connectivity index (χ2n) is 8.81. The molecule has 1 aliphatic carbocycles. The lowest BCUT2D eigenvalue weighted by molar-refractivity contribution is -0.137. The van der Waals surface area contributed by atoms with Crippen molar-refractivity contribution >= 4 is 27.3 Å². The summed E-state index contributed by atoms with van der Waals surface area (Å²) in [5, 5.41) is 2.44. The highest BCUT2D eigenvalue weighted by molar-refractivity contribution is 7.93. The fraction of sp³-hybridized carbons (Fsp3) is 0.409. The fourth-order valence-corrected chi connectivity index (χ4v) is 7.14. The molecule has 0 bridgehead atoms. The number of anilines is 1. The average molecular weight is 499 g/mol. The highest BCUT2D eigenvalue weighted by Gasteiger charge is 2.56. The van der Waals surface area contributed by atoms with Gasteiger partial charge in [-0.15, -0.1) is 0 Å². The molecule has 0 radical (unpaired) electrons. The largest absolute Gasteiger partial charge is 0.417 e. The number of sulfone groups is 1. The summed E-state index contributed by atoms with van der Waals surface area (Å²) >= 11 is 0. The summed E-state index contributed by atoms with van der Waals surface area (Å²) in [7, 11) is -3.75. The number of nitrogens with two attached hydrogens (primary N) is 1. The standard InChI is InChI=1S/C22H22F4N4O3S/c1-20(12-34(32,33)21(19(27)30-20)8-2-3-9-21)15-10-14(5-6-16(15)23)29-18(31)17-7-4-13(11-28-17)22(24,25)26/h4-7,10-11H,2-3,8-9,12H2,1H3,(H2,27,30)(H,29,31). The number of rotatable bonds is 3. The van der Waals surface area contributed by atoms with Gasteiger partial charge in [0.1, 0.15) is 27.6 Å². The van der Waals surface area contributed by atoms with E-state index in [4.69, 9.17) is 5.73 Å². The van der Waals surface area contributed by atoms with Crippen molar-refractivity contribution in [3.05, 3.63) is 59.2 Å². The number of aliphatic imine (C=N–C) groups is 1. The predicted molar refractivity (Wildman–Crippen MR) is 118 cm³/mol. The second kappa shape index (κ2) is 8.03. The fourth-order valence-electron chi connectivity index (χ4n) is 4.63. The maximum absolute atomic E-state index is 14.8. The zero-order valence-corrected chi connectivity index (χ0v) is 18.9. The molecule has 1 spiro atoms. The number of hydrogen-bond acceptors (Lipinski definition) is 6. The Morgan fingerprint density at radius 3 is 2.38 bits per heavy atom. The van der Waals surface area contributed by atoms with E-state index in [1.807, 2.05) is 0 Å². The van der Waals surface area contributed by atoms with Crippen LogP contribution in [-0.2, 0) is 21.6 Å². The SMILES string of the molecule is CC1(c2cc(NC(=O)c3ccc(C(F)(F)F)cn3)ccc2F)CS(=O)(=O)C2(CCCC2)C(N)=N1. The van der Waals surface area contributed by atoms with E-state index < -0.39 is 49.3 Å². The summed E-state index contributed by atoms with van der Waals surface area (Å²) in [6.07, 6.45) is -1.89. The van der Waals surface area contributed by atoms with Crippen molar-refractivity contribution in [1.82, 2.24) is 4.98 Å². The molecule has 4 rings (SSSR count). The van der Waals surface area contributed by atoms with Crippen LogP contribution >= 0.6 is 0 Å². The van der Waals surface area contributed by atoms with Crippen LogP contribution in [0.2, 0.25) is 0 Å². The Hall–Kier alpha value is -3.02. The first kappa shape index (κ1) is 24.1. The number of amides is 1. The van der Waals surface area contributed by atoms with E-state index in [1.54, 1.807) is 0 Å². The Kier molecular flexibility index (Phi) is 5.70. The third-order valence-electron chi connectivity index (χ3n) is 6.44. The molecule has 1 fully saturated rings. The first-order valence-electron chi connectivity index (χ1n) is 10.5. The van der Waals surface area contributed by atoms with Crippen molar-refractivity contribution in [3.63, 3.8) is 0 Å². The number of alkyl halides is 3. The molecule has 0 saturated heterocycles. The van der Waals surface area contributed by atoms with Gasteiger partial charge in [-0.05, 0) is 50.1 Å². The van der Waals surface area contributed by atoms with Crippen LogP contribution in [0.15, 0.2) is 41.5 Å². The Labute approximate surface area is 193 Å². The van der Waals surface area contributed by atoms with E-state index in [0.717, 1.165) is 18.2 Å². The topological polar surface area (TPSA) is 115 Å². The Balaban J connectivity index is 1.64. The van der Waals surface area contributed by atoms with Gasteiger partial charge in [-0.3, -0.25) is 14.8 Å².